The van der Waals surface area contributed by atoms with E-state index in [4.69, 9.17) is 9.47 Å². The largest absolute Gasteiger partial charge is 0.493 e. The topological polar surface area (TPSA) is 70.5 Å². The summed E-state index contributed by atoms with van der Waals surface area (Å²) in [5.41, 5.74) is 0.804. The van der Waals surface area contributed by atoms with Crippen LogP contribution >= 0.6 is 0 Å². The third kappa shape index (κ3) is 3.62. The molecule has 116 valence electrons. The molecule has 1 heterocycles. The summed E-state index contributed by atoms with van der Waals surface area (Å²) in [6.45, 7) is 4.88. The van der Waals surface area contributed by atoms with Crippen molar-refractivity contribution in [1.29, 1.82) is 0 Å². The molecule has 0 amide bonds. The second kappa shape index (κ2) is 6.73. The first-order valence-corrected chi connectivity index (χ1v) is 7.09. The predicted octanol–water partition coefficient (Wildman–Crippen LogP) is -1.47. The molecule has 0 spiro atoms. The highest BCUT2D eigenvalue weighted by Crippen LogP contribution is 2.34. The van der Waals surface area contributed by atoms with Gasteiger partial charge in [0.15, 0.2) is 11.5 Å². The summed E-state index contributed by atoms with van der Waals surface area (Å²) in [6, 6.07) is 3.18. The molecule has 7 heteroatoms. The van der Waals surface area contributed by atoms with E-state index in [9.17, 15) is 10.1 Å². The van der Waals surface area contributed by atoms with Gasteiger partial charge in [-0.1, -0.05) is 0 Å². The molecule has 1 saturated heterocycles. The van der Waals surface area contributed by atoms with Crippen LogP contribution in [0.1, 0.15) is 5.56 Å². The van der Waals surface area contributed by atoms with Gasteiger partial charge in [-0.2, -0.15) is 0 Å². The van der Waals surface area contributed by atoms with Crippen molar-refractivity contribution in [3.05, 3.63) is 27.8 Å². The van der Waals surface area contributed by atoms with E-state index < -0.39 is 0 Å². The Balaban J connectivity index is 2.26. The number of hydrogen-bond acceptors (Lipinski definition) is 4. The minimum atomic E-state index is -0.349. The fourth-order valence-electron chi connectivity index (χ4n) is 2.70. The number of nitro groups is 1. The van der Waals surface area contributed by atoms with Gasteiger partial charge in [-0.15, -0.1) is 0 Å². The lowest BCUT2D eigenvalue weighted by atomic mass is 10.1. The molecule has 7 nitrogen and oxygen atoms in total. The van der Waals surface area contributed by atoms with Crippen molar-refractivity contribution in [2.75, 3.05) is 47.4 Å². The Labute approximate surface area is 124 Å². The number of benzene rings is 1. The fourth-order valence-corrected chi connectivity index (χ4v) is 2.70. The van der Waals surface area contributed by atoms with Gasteiger partial charge in [-0.25, -0.2) is 0 Å². The third-order valence-electron chi connectivity index (χ3n) is 4.03. The number of rotatable bonds is 5. The lowest BCUT2D eigenvalue weighted by Crippen LogP contribution is -3.26. The van der Waals surface area contributed by atoms with E-state index in [1.807, 2.05) is 0 Å². The molecular formula is C14H23N3O4+2. The van der Waals surface area contributed by atoms with Crippen LogP contribution in [-0.4, -0.2) is 52.4 Å². The van der Waals surface area contributed by atoms with E-state index in [2.05, 4.69) is 7.05 Å². The summed E-state index contributed by atoms with van der Waals surface area (Å²) in [4.78, 5) is 13.8. The molecule has 1 aliphatic heterocycles. The molecule has 1 fully saturated rings. The summed E-state index contributed by atoms with van der Waals surface area (Å²) >= 11 is 0. The first-order valence-electron chi connectivity index (χ1n) is 7.09. The van der Waals surface area contributed by atoms with E-state index in [-0.39, 0.29) is 10.6 Å². The molecule has 21 heavy (non-hydrogen) atoms. The molecule has 0 aliphatic carbocycles. The van der Waals surface area contributed by atoms with E-state index in [0.29, 0.717) is 23.6 Å². The molecule has 2 rings (SSSR count). The van der Waals surface area contributed by atoms with Crippen molar-refractivity contribution in [3.8, 4) is 11.5 Å². The zero-order valence-corrected chi connectivity index (χ0v) is 12.8. The fraction of sp³-hybridized carbons (Fsp3) is 0.571. The summed E-state index contributed by atoms with van der Waals surface area (Å²) in [5.74, 6) is 0.933. The Hall–Kier alpha value is -1.86. The second-order valence-electron chi connectivity index (χ2n) is 5.48. The van der Waals surface area contributed by atoms with Crippen molar-refractivity contribution < 1.29 is 24.2 Å². The average Bonchev–Trinajstić information content (AvgIpc) is 2.48. The molecule has 0 atom stereocenters. The third-order valence-corrected chi connectivity index (χ3v) is 4.03. The van der Waals surface area contributed by atoms with Gasteiger partial charge in [0, 0.05) is 0 Å². The molecule has 0 bridgehead atoms. The van der Waals surface area contributed by atoms with Crippen LogP contribution < -0.4 is 19.3 Å². The molecule has 0 unspecified atom stereocenters. The Morgan fingerprint density at radius 3 is 2.24 bits per heavy atom. The van der Waals surface area contributed by atoms with Gasteiger partial charge in [-0.3, -0.25) is 10.1 Å². The molecule has 1 aromatic rings. The summed E-state index contributed by atoms with van der Waals surface area (Å²) < 4.78 is 10.4. The number of ether oxygens (including phenoxy) is 2. The zero-order valence-electron chi connectivity index (χ0n) is 12.8. The van der Waals surface area contributed by atoms with Crippen molar-refractivity contribution in [1.82, 2.24) is 0 Å². The molecule has 1 aliphatic rings. The van der Waals surface area contributed by atoms with Gasteiger partial charge in [0.2, 0.25) is 0 Å². The monoisotopic (exact) mass is 297 g/mol. The van der Waals surface area contributed by atoms with Crippen molar-refractivity contribution in [2.45, 2.75) is 6.54 Å². The van der Waals surface area contributed by atoms with Crippen molar-refractivity contribution in [3.63, 3.8) is 0 Å². The molecule has 1 aromatic carbocycles. The summed E-state index contributed by atoms with van der Waals surface area (Å²) in [7, 11) is 5.20. The Kier molecular flexibility index (Phi) is 4.98. The number of nitrogens with zero attached hydrogens (tertiary/aromatic N) is 1. The van der Waals surface area contributed by atoms with E-state index in [0.717, 1.165) is 26.2 Å². The summed E-state index contributed by atoms with van der Waals surface area (Å²) in [5, 5.41) is 11.3. The average molecular weight is 297 g/mol. The molecule has 2 N–H and O–H groups in total. The highest BCUT2D eigenvalue weighted by molar-refractivity contribution is 5.54. The number of quaternary nitrogens is 2. The first-order chi connectivity index (χ1) is 10.0. The van der Waals surface area contributed by atoms with Crippen LogP contribution in [0.2, 0.25) is 0 Å². The number of hydrogen-bond donors (Lipinski definition) is 2. The van der Waals surface area contributed by atoms with Crippen LogP contribution in [0.25, 0.3) is 0 Å². The lowest BCUT2D eigenvalue weighted by Gasteiger charge is -2.27. The van der Waals surface area contributed by atoms with Gasteiger partial charge in [0.1, 0.15) is 32.7 Å². The van der Waals surface area contributed by atoms with Gasteiger partial charge < -0.3 is 19.3 Å². The zero-order chi connectivity index (χ0) is 15.4. The summed E-state index contributed by atoms with van der Waals surface area (Å²) in [6.07, 6.45) is 0. The van der Waals surface area contributed by atoms with Crippen LogP contribution in [0, 0.1) is 10.1 Å². The second-order valence-corrected chi connectivity index (χ2v) is 5.48. The van der Waals surface area contributed by atoms with E-state index >= 15 is 0 Å². The van der Waals surface area contributed by atoms with E-state index in [1.54, 1.807) is 13.2 Å². The highest BCUT2D eigenvalue weighted by Gasteiger charge is 2.26. The standard InChI is InChI=1S/C14H21N3O4/c1-15-4-6-16(7-5-15)10-11-8-13(20-2)14(21-3)9-12(11)17(18)19/h8-9H,4-7,10H2,1-3H3/p+2. The van der Waals surface area contributed by atoms with Crippen LogP contribution in [0.3, 0.4) is 0 Å². The lowest BCUT2D eigenvalue weighted by molar-refractivity contribution is -1.01. The highest BCUT2D eigenvalue weighted by atomic mass is 16.6. The predicted molar refractivity (Wildman–Crippen MR) is 77.2 cm³/mol. The SMILES string of the molecule is COc1cc(C[NH+]2CC[NH+](C)CC2)c([N+](=O)[O-])cc1OC. The number of nitro benzene ring substituents is 1. The Morgan fingerprint density at radius 1 is 1.14 bits per heavy atom. The molecule has 0 saturated carbocycles. The maximum Gasteiger partial charge on any atom is 0.282 e. The number of piperazine rings is 1. The van der Waals surface area contributed by atoms with Crippen LogP contribution in [0.5, 0.6) is 11.5 Å². The van der Waals surface area contributed by atoms with Gasteiger partial charge in [0.05, 0.1) is 37.8 Å². The Bertz CT molecular complexity index is 513. The molecule has 0 aromatic heterocycles. The van der Waals surface area contributed by atoms with Gasteiger partial charge in [-0.05, 0) is 6.07 Å². The quantitative estimate of drug-likeness (QED) is 0.514. The minimum absolute atomic E-state index is 0.103. The van der Waals surface area contributed by atoms with E-state index in [1.165, 1.54) is 23.0 Å². The number of likely N-dealkylation sites (N-methyl/N-ethyl adjacent to an activating group) is 1. The van der Waals surface area contributed by atoms with Crippen LogP contribution in [0.4, 0.5) is 5.69 Å². The molecule has 0 radical (unpaired) electrons. The molecular weight excluding hydrogens is 274 g/mol. The first kappa shape index (κ1) is 15.5. The normalized spacial score (nSPS) is 21.9. The maximum atomic E-state index is 11.3. The van der Waals surface area contributed by atoms with Crippen LogP contribution in [-0.2, 0) is 6.54 Å². The van der Waals surface area contributed by atoms with Crippen molar-refractivity contribution >= 4 is 5.69 Å². The minimum Gasteiger partial charge on any atom is -0.493 e. The smallest absolute Gasteiger partial charge is 0.282 e. The number of methoxy groups -OCH3 is 2. The van der Waals surface area contributed by atoms with Crippen LogP contribution in [0.15, 0.2) is 12.1 Å². The maximum absolute atomic E-state index is 11.3. The van der Waals surface area contributed by atoms with Crippen molar-refractivity contribution in [2.24, 2.45) is 0 Å². The van der Waals surface area contributed by atoms with Gasteiger partial charge >= 0.3 is 0 Å². The van der Waals surface area contributed by atoms with Gasteiger partial charge in [0.25, 0.3) is 5.69 Å². The Morgan fingerprint density at radius 2 is 1.71 bits per heavy atom. The number of nitrogens with one attached hydrogen (secondary N) is 2.